The summed E-state index contributed by atoms with van der Waals surface area (Å²) in [5.41, 5.74) is 0.445. The van der Waals surface area contributed by atoms with Crippen LogP contribution in [0, 0.1) is 5.92 Å². The van der Waals surface area contributed by atoms with Gasteiger partial charge in [-0.15, -0.1) is 0 Å². The lowest BCUT2D eigenvalue weighted by atomic mass is 9.84. The van der Waals surface area contributed by atoms with Crippen LogP contribution in [0.4, 0.5) is 13.2 Å². The van der Waals surface area contributed by atoms with Gasteiger partial charge in [-0.25, -0.2) is 0 Å². The summed E-state index contributed by atoms with van der Waals surface area (Å²) in [6, 6.07) is 4.65. The van der Waals surface area contributed by atoms with Gasteiger partial charge in [-0.05, 0) is 43.9 Å². The lowest BCUT2D eigenvalue weighted by molar-refractivity contribution is -0.137. The SMILES string of the molecule is Cn1c(C(C)(C)C)cc(=NC(=O)c2cc(C(F)(F)F)ccc2OCC2CC(=NO)C2)n1C[C@H]1CCCO1. The minimum Gasteiger partial charge on any atom is -0.492 e. The summed E-state index contributed by atoms with van der Waals surface area (Å²) < 4.78 is 55.8. The minimum atomic E-state index is -4.63. The molecule has 1 aliphatic carbocycles. The van der Waals surface area contributed by atoms with E-state index in [2.05, 4.69) is 10.1 Å². The van der Waals surface area contributed by atoms with Gasteiger partial charge in [0.2, 0.25) is 0 Å². The van der Waals surface area contributed by atoms with E-state index in [1.54, 1.807) is 6.07 Å². The number of amides is 1. The molecule has 1 aliphatic heterocycles. The van der Waals surface area contributed by atoms with Gasteiger partial charge in [0.1, 0.15) is 5.75 Å². The minimum absolute atomic E-state index is 0.0299. The van der Waals surface area contributed by atoms with Crippen molar-refractivity contribution in [3.8, 4) is 5.75 Å². The van der Waals surface area contributed by atoms with Crippen LogP contribution >= 0.6 is 0 Å². The number of hydrogen-bond donors (Lipinski definition) is 1. The monoisotopic (exact) mass is 522 g/mol. The molecule has 2 fully saturated rings. The Kier molecular flexibility index (Phi) is 7.55. The van der Waals surface area contributed by atoms with Crippen molar-refractivity contribution >= 4 is 11.6 Å². The summed E-state index contributed by atoms with van der Waals surface area (Å²) in [6.45, 7) is 7.44. The Morgan fingerprint density at radius 2 is 1.95 bits per heavy atom. The molecule has 1 N–H and O–H groups in total. The van der Waals surface area contributed by atoms with E-state index in [-0.39, 0.29) is 35.4 Å². The van der Waals surface area contributed by atoms with E-state index in [0.29, 0.717) is 37.2 Å². The molecule has 37 heavy (non-hydrogen) atoms. The first kappa shape index (κ1) is 27.0. The Morgan fingerprint density at radius 3 is 2.54 bits per heavy atom. The summed E-state index contributed by atoms with van der Waals surface area (Å²) in [6.07, 6.45) is -1.75. The molecule has 0 bridgehead atoms. The number of nitrogens with zero attached hydrogens (tertiary/aromatic N) is 4. The molecule has 4 rings (SSSR count). The highest BCUT2D eigenvalue weighted by molar-refractivity contribution is 5.97. The molecule has 202 valence electrons. The van der Waals surface area contributed by atoms with Crippen LogP contribution in [0.2, 0.25) is 0 Å². The summed E-state index contributed by atoms with van der Waals surface area (Å²) in [7, 11) is 1.88. The predicted octanol–water partition coefficient (Wildman–Crippen LogP) is 4.68. The van der Waals surface area contributed by atoms with Crippen LogP contribution in [-0.2, 0) is 29.9 Å². The molecule has 2 aliphatic rings. The van der Waals surface area contributed by atoms with Crippen molar-refractivity contribution in [3.63, 3.8) is 0 Å². The van der Waals surface area contributed by atoms with Crippen LogP contribution in [0.1, 0.15) is 68.1 Å². The molecule has 0 unspecified atom stereocenters. The molecule has 2 aromatic rings. The van der Waals surface area contributed by atoms with Crippen molar-refractivity contribution in [3.05, 3.63) is 46.6 Å². The molecular weight excluding hydrogens is 489 g/mol. The largest absolute Gasteiger partial charge is 0.492 e. The summed E-state index contributed by atoms with van der Waals surface area (Å²) in [5, 5.41) is 12.0. The van der Waals surface area contributed by atoms with Crippen LogP contribution < -0.4 is 10.2 Å². The number of benzene rings is 1. The van der Waals surface area contributed by atoms with Gasteiger partial charge in [0.15, 0.2) is 5.49 Å². The van der Waals surface area contributed by atoms with Crippen molar-refractivity contribution in [2.75, 3.05) is 13.2 Å². The molecule has 0 radical (unpaired) electrons. The zero-order chi connectivity index (χ0) is 27.0. The van der Waals surface area contributed by atoms with E-state index in [1.165, 1.54) is 0 Å². The Balaban J connectivity index is 1.71. The maximum atomic E-state index is 13.5. The normalized spacial score (nSPS) is 20.7. The second kappa shape index (κ2) is 10.4. The van der Waals surface area contributed by atoms with E-state index >= 15 is 0 Å². The van der Waals surface area contributed by atoms with Gasteiger partial charge in [0.05, 0.1) is 36.1 Å². The number of rotatable bonds is 6. The lowest BCUT2D eigenvalue weighted by Crippen LogP contribution is -2.30. The average Bonchev–Trinajstić information content (AvgIpc) is 3.41. The molecule has 2 heterocycles. The predicted molar refractivity (Wildman–Crippen MR) is 130 cm³/mol. The van der Waals surface area contributed by atoms with Crippen molar-refractivity contribution in [2.45, 2.75) is 70.7 Å². The molecule has 1 saturated carbocycles. The molecular formula is C26H33F3N4O4. The van der Waals surface area contributed by atoms with E-state index in [9.17, 15) is 18.0 Å². The molecule has 0 spiro atoms. The zero-order valence-electron chi connectivity index (χ0n) is 21.5. The van der Waals surface area contributed by atoms with Gasteiger partial charge in [-0.1, -0.05) is 25.9 Å². The summed E-state index contributed by atoms with van der Waals surface area (Å²) in [5.74, 6) is -0.724. The van der Waals surface area contributed by atoms with E-state index in [0.717, 1.165) is 36.7 Å². The number of alkyl halides is 3. The summed E-state index contributed by atoms with van der Waals surface area (Å²) in [4.78, 5) is 17.7. The third kappa shape index (κ3) is 6.08. The van der Waals surface area contributed by atoms with Crippen LogP contribution in [0.5, 0.6) is 5.75 Å². The summed E-state index contributed by atoms with van der Waals surface area (Å²) >= 11 is 0. The van der Waals surface area contributed by atoms with Crippen LogP contribution in [-0.4, -0.2) is 45.5 Å². The number of ether oxygens (including phenoxy) is 2. The third-order valence-corrected chi connectivity index (χ3v) is 6.83. The van der Waals surface area contributed by atoms with Gasteiger partial charge in [-0.2, -0.15) is 18.2 Å². The number of carbonyl (C=O) groups excluding carboxylic acids is 1. The smallest absolute Gasteiger partial charge is 0.416 e. The molecule has 11 heteroatoms. The Bertz CT molecular complexity index is 1240. The Morgan fingerprint density at radius 1 is 1.22 bits per heavy atom. The van der Waals surface area contributed by atoms with E-state index in [1.807, 2.05) is 37.2 Å². The van der Waals surface area contributed by atoms with Gasteiger partial charge < -0.3 is 14.7 Å². The average molecular weight is 523 g/mol. The van der Waals surface area contributed by atoms with Gasteiger partial charge >= 0.3 is 6.18 Å². The fourth-order valence-corrected chi connectivity index (χ4v) is 4.74. The first-order valence-corrected chi connectivity index (χ1v) is 12.4. The Hall–Kier alpha value is -3.08. The standard InChI is InChI=1S/C26H33F3N4O4/c1-25(2,3)22-13-23(33(32(22)4)14-19-6-5-9-36-19)30-24(34)20-12-17(26(27,28)29)7-8-21(20)37-15-16-10-18(11-16)31-35/h7-8,12-13,16,19,35H,5-6,9-11,14-15H2,1-4H3/t16?,19-/m1/s1. The number of hydrogen-bond acceptors (Lipinski definition) is 5. The van der Waals surface area contributed by atoms with E-state index in [4.69, 9.17) is 14.7 Å². The van der Waals surface area contributed by atoms with Crippen molar-refractivity contribution in [2.24, 2.45) is 23.1 Å². The molecule has 1 aromatic heterocycles. The number of halogens is 3. The van der Waals surface area contributed by atoms with Crippen LogP contribution in [0.3, 0.4) is 0 Å². The van der Waals surface area contributed by atoms with Crippen molar-refractivity contribution < 1.29 is 32.6 Å². The molecule has 1 saturated heterocycles. The van der Waals surface area contributed by atoms with Crippen molar-refractivity contribution in [1.82, 2.24) is 9.36 Å². The number of oxime groups is 1. The van der Waals surface area contributed by atoms with Crippen molar-refractivity contribution in [1.29, 1.82) is 0 Å². The molecule has 1 aromatic carbocycles. The Labute approximate surface area is 213 Å². The molecule has 1 amide bonds. The maximum Gasteiger partial charge on any atom is 0.416 e. The second-order valence-electron chi connectivity index (χ2n) is 10.8. The first-order valence-electron chi connectivity index (χ1n) is 12.4. The second-order valence-corrected chi connectivity index (χ2v) is 10.8. The highest BCUT2D eigenvalue weighted by atomic mass is 19.4. The molecule has 8 nitrogen and oxygen atoms in total. The third-order valence-electron chi connectivity index (χ3n) is 6.83. The topological polar surface area (TPSA) is 90.3 Å². The fourth-order valence-electron chi connectivity index (χ4n) is 4.74. The van der Waals surface area contributed by atoms with Gasteiger partial charge in [-0.3, -0.25) is 14.2 Å². The van der Waals surface area contributed by atoms with Gasteiger partial charge in [0.25, 0.3) is 5.91 Å². The maximum absolute atomic E-state index is 13.5. The first-order chi connectivity index (χ1) is 17.4. The highest BCUT2D eigenvalue weighted by Gasteiger charge is 2.33. The van der Waals surface area contributed by atoms with Gasteiger partial charge in [0, 0.05) is 36.7 Å². The highest BCUT2D eigenvalue weighted by Crippen LogP contribution is 2.34. The van der Waals surface area contributed by atoms with E-state index < -0.39 is 17.6 Å². The van der Waals surface area contributed by atoms with Crippen LogP contribution in [0.25, 0.3) is 0 Å². The quantitative estimate of drug-likeness (QED) is 0.441. The molecule has 1 atom stereocenters. The van der Waals surface area contributed by atoms with Crippen LogP contribution in [0.15, 0.2) is 34.4 Å². The zero-order valence-corrected chi connectivity index (χ0v) is 21.5. The fraction of sp³-hybridized carbons (Fsp3) is 0.577. The lowest BCUT2D eigenvalue weighted by Gasteiger charge is -2.26. The number of carbonyl (C=O) groups is 1. The number of aromatic nitrogens is 2.